The SMILES string of the molecule is CCCC(Cc1ccsc1)(C(=O)O)C(=O)OCC. The summed E-state index contributed by atoms with van der Waals surface area (Å²) >= 11 is 1.49. The molecule has 0 aromatic carbocycles. The average Bonchev–Trinajstić information content (AvgIpc) is 2.81. The van der Waals surface area contributed by atoms with E-state index in [0.29, 0.717) is 6.42 Å². The Morgan fingerprint density at radius 1 is 1.44 bits per heavy atom. The van der Waals surface area contributed by atoms with Crippen LogP contribution in [0.25, 0.3) is 0 Å². The minimum atomic E-state index is -1.45. The molecule has 1 rings (SSSR count). The predicted octanol–water partition coefficient (Wildman–Crippen LogP) is 2.72. The second kappa shape index (κ2) is 6.54. The van der Waals surface area contributed by atoms with Gasteiger partial charge >= 0.3 is 11.9 Å². The van der Waals surface area contributed by atoms with Gasteiger partial charge in [-0.3, -0.25) is 9.59 Å². The van der Waals surface area contributed by atoms with Gasteiger partial charge in [-0.25, -0.2) is 0 Å². The third-order valence-electron chi connectivity index (χ3n) is 2.84. The van der Waals surface area contributed by atoms with Crippen molar-refractivity contribution in [2.75, 3.05) is 6.61 Å². The lowest BCUT2D eigenvalue weighted by Crippen LogP contribution is -2.42. The summed E-state index contributed by atoms with van der Waals surface area (Å²) in [5, 5.41) is 13.2. The maximum atomic E-state index is 12.0. The first kappa shape index (κ1) is 14.7. The molecule has 1 aromatic heterocycles. The number of ether oxygens (including phenoxy) is 1. The van der Waals surface area contributed by atoms with Crippen LogP contribution in [0.1, 0.15) is 32.3 Å². The summed E-state index contributed by atoms with van der Waals surface area (Å²) in [5.74, 6) is -1.74. The van der Waals surface area contributed by atoms with Crippen molar-refractivity contribution in [3.8, 4) is 0 Å². The molecule has 0 bridgehead atoms. The first-order valence-corrected chi connectivity index (χ1v) is 6.92. The van der Waals surface area contributed by atoms with E-state index in [2.05, 4.69) is 0 Å². The molecule has 0 fully saturated rings. The average molecular weight is 270 g/mol. The molecule has 1 atom stereocenters. The van der Waals surface area contributed by atoms with Crippen LogP contribution < -0.4 is 0 Å². The number of carboxylic acid groups (broad SMARTS) is 1. The molecule has 0 saturated carbocycles. The molecule has 5 heteroatoms. The summed E-state index contributed by atoms with van der Waals surface area (Å²) in [5.41, 5.74) is -0.588. The highest BCUT2D eigenvalue weighted by Crippen LogP contribution is 2.32. The van der Waals surface area contributed by atoms with Gasteiger partial charge in [0.25, 0.3) is 0 Å². The van der Waals surface area contributed by atoms with Crippen molar-refractivity contribution in [3.63, 3.8) is 0 Å². The Hall–Kier alpha value is -1.36. The number of aliphatic carboxylic acids is 1. The quantitative estimate of drug-likeness (QED) is 0.611. The molecule has 18 heavy (non-hydrogen) atoms. The van der Waals surface area contributed by atoms with Gasteiger partial charge in [0.15, 0.2) is 5.41 Å². The monoisotopic (exact) mass is 270 g/mol. The summed E-state index contributed by atoms with van der Waals surface area (Å²) < 4.78 is 4.95. The number of hydrogen-bond donors (Lipinski definition) is 1. The lowest BCUT2D eigenvalue weighted by molar-refractivity contribution is -0.169. The zero-order chi connectivity index (χ0) is 13.6. The van der Waals surface area contributed by atoms with Gasteiger partial charge in [0.1, 0.15) is 0 Å². The maximum absolute atomic E-state index is 12.0. The van der Waals surface area contributed by atoms with E-state index in [1.165, 1.54) is 11.3 Å². The number of esters is 1. The smallest absolute Gasteiger partial charge is 0.323 e. The van der Waals surface area contributed by atoms with Gasteiger partial charge in [-0.15, -0.1) is 0 Å². The maximum Gasteiger partial charge on any atom is 0.323 e. The van der Waals surface area contributed by atoms with Crippen LogP contribution in [0.2, 0.25) is 0 Å². The number of carbonyl (C=O) groups excluding carboxylic acids is 1. The van der Waals surface area contributed by atoms with E-state index in [1.807, 2.05) is 23.8 Å². The Balaban J connectivity index is 3.04. The van der Waals surface area contributed by atoms with Crippen molar-refractivity contribution in [3.05, 3.63) is 22.4 Å². The van der Waals surface area contributed by atoms with Crippen molar-refractivity contribution in [2.45, 2.75) is 33.1 Å². The molecule has 1 unspecified atom stereocenters. The third-order valence-corrected chi connectivity index (χ3v) is 3.57. The molecule has 1 N–H and O–H groups in total. The molecule has 1 heterocycles. The Morgan fingerprint density at radius 3 is 2.61 bits per heavy atom. The van der Waals surface area contributed by atoms with E-state index in [1.54, 1.807) is 6.92 Å². The summed E-state index contributed by atoms with van der Waals surface area (Å²) in [7, 11) is 0. The second-order valence-corrected chi connectivity index (χ2v) is 4.95. The van der Waals surface area contributed by atoms with Crippen LogP contribution >= 0.6 is 11.3 Å². The number of hydrogen-bond acceptors (Lipinski definition) is 4. The fourth-order valence-electron chi connectivity index (χ4n) is 1.97. The first-order valence-electron chi connectivity index (χ1n) is 5.98. The van der Waals surface area contributed by atoms with Gasteiger partial charge in [0.05, 0.1) is 6.61 Å². The molecule has 0 amide bonds. The summed E-state index contributed by atoms with van der Waals surface area (Å²) in [6.45, 7) is 3.74. The fraction of sp³-hybridized carbons (Fsp3) is 0.538. The van der Waals surface area contributed by atoms with Gasteiger partial charge in [-0.2, -0.15) is 11.3 Å². The van der Waals surface area contributed by atoms with Crippen LogP contribution in [0.3, 0.4) is 0 Å². The van der Waals surface area contributed by atoms with Crippen molar-refractivity contribution >= 4 is 23.3 Å². The molecule has 0 aliphatic rings. The van der Waals surface area contributed by atoms with Crippen LogP contribution in [0, 0.1) is 5.41 Å². The normalized spacial score (nSPS) is 13.9. The van der Waals surface area contributed by atoms with Crippen LogP contribution in [-0.2, 0) is 20.7 Å². The van der Waals surface area contributed by atoms with Crippen molar-refractivity contribution in [1.82, 2.24) is 0 Å². The van der Waals surface area contributed by atoms with Gasteiger partial charge < -0.3 is 9.84 Å². The molecule has 100 valence electrons. The fourth-order valence-corrected chi connectivity index (χ4v) is 2.64. The third kappa shape index (κ3) is 3.10. The van der Waals surface area contributed by atoms with Crippen LogP contribution in [0.4, 0.5) is 0 Å². The number of rotatable bonds is 7. The molecule has 1 aromatic rings. The number of thiophene rings is 1. The zero-order valence-electron chi connectivity index (χ0n) is 10.6. The molecule has 0 saturated heterocycles. The molecule has 4 nitrogen and oxygen atoms in total. The summed E-state index contributed by atoms with van der Waals surface area (Å²) in [6, 6.07) is 1.84. The molecule has 0 aliphatic heterocycles. The molecule has 0 spiro atoms. The topological polar surface area (TPSA) is 63.6 Å². The molecule has 0 radical (unpaired) electrons. The van der Waals surface area contributed by atoms with E-state index in [4.69, 9.17) is 4.74 Å². The van der Waals surface area contributed by atoms with E-state index >= 15 is 0 Å². The Kier molecular flexibility index (Phi) is 5.34. The van der Waals surface area contributed by atoms with Crippen LogP contribution in [-0.4, -0.2) is 23.7 Å². The van der Waals surface area contributed by atoms with E-state index in [0.717, 1.165) is 5.56 Å². The molecule has 0 aliphatic carbocycles. The van der Waals surface area contributed by atoms with E-state index in [9.17, 15) is 14.7 Å². The van der Waals surface area contributed by atoms with Gasteiger partial charge in [0.2, 0.25) is 0 Å². The van der Waals surface area contributed by atoms with Crippen LogP contribution in [0.5, 0.6) is 0 Å². The Bertz CT molecular complexity index is 399. The highest BCUT2D eigenvalue weighted by Gasteiger charge is 2.46. The predicted molar refractivity (Wildman–Crippen MR) is 69.6 cm³/mol. The number of carbonyl (C=O) groups is 2. The van der Waals surface area contributed by atoms with Crippen molar-refractivity contribution < 1.29 is 19.4 Å². The van der Waals surface area contributed by atoms with Gasteiger partial charge in [0, 0.05) is 6.42 Å². The van der Waals surface area contributed by atoms with Crippen molar-refractivity contribution in [2.24, 2.45) is 5.41 Å². The molecular formula is C13H18O4S. The minimum absolute atomic E-state index is 0.193. The summed E-state index contributed by atoms with van der Waals surface area (Å²) in [6.07, 6.45) is 1.10. The molecular weight excluding hydrogens is 252 g/mol. The van der Waals surface area contributed by atoms with E-state index < -0.39 is 17.4 Å². The summed E-state index contributed by atoms with van der Waals surface area (Å²) in [4.78, 5) is 23.6. The van der Waals surface area contributed by atoms with Crippen LogP contribution in [0.15, 0.2) is 16.8 Å². The minimum Gasteiger partial charge on any atom is -0.480 e. The first-order chi connectivity index (χ1) is 8.56. The lowest BCUT2D eigenvalue weighted by atomic mass is 9.78. The van der Waals surface area contributed by atoms with Gasteiger partial charge in [-0.05, 0) is 35.7 Å². The Morgan fingerprint density at radius 2 is 2.17 bits per heavy atom. The van der Waals surface area contributed by atoms with Crippen molar-refractivity contribution in [1.29, 1.82) is 0 Å². The second-order valence-electron chi connectivity index (χ2n) is 4.17. The van der Waals surface area contributed by atoms with E-state index in [-0.39, 0.29) is 19.4 Å². The lowest BCUT2D eigenvalue weighted by Gasteiger charge is -2.26. The standard InChI is InChI=1S/C13H18O4S/c1-3-6-13(11(14)15,12(16)17-4-2)8-10-5-7-18-9-10/h5,7,9H,3-4,6,8H2,1-2H3,(H,14,15). The number of carboxylic acids is 1. The Labute approximate surface area is 111 Å². The zero-order valence-corrected chi connectivity index (χ0v) is 11.5. The van der Waals surface area contributed by atoms with Gasteiger partial charge in [-0.1, -0.05) is 13.3 Å². The largest absolute Gasteiger partial charge is 0.480 e. The highest BCUT2D eigenvalue weighted by atomic mass is 32.1. The highest BCUT2D eigenvalue weighted by molar-refractivity contribution is 7.07.